The molecule has 2 saturated heterocycles. The van der Waals surface area contributed by atoms with Crippen LogP contribution in [0, 0.1) is 0 Å². The Labute approximate surface area is 77.8 Å². The Hall–Kier alpha value is -0.160. The SMILES string of the molecule is OCC1COC2(CCCCCO2)O1. The molecule has 0 amide bonds. The molecular weight excluding hydrogens is 172 g/mol. The summed E-state index contributed by atoms with van der Waals surface area (Å²) in [4.78, 5) is 0. The molecule has 0 bridgehead atoms. The van der Waals surface area contributed by atoms with Crippen molar-refractivity contribution in [1.29, 1.82) is 0 Å². The van der Waals surface area contributed by atoms with Gasteiger partial charge in [0.05, 0.1) is 19.8 Å². The molecule has 2 atom stereocenters. The van der Waals surface area contributed by atoms with E-state index >= 15 is 0 Å². The van der Waals surface area contributed by atoms with E-state index in [0.29, 0.717) is 13.2 Å². The van der Waals surface area contributed by atoms with Crippen molar-refractivity contribution in [3.63, 3.8) is 0 Å². The van der Waals surface area contributed by atoms with Crippen molar-refractivity contribution in [2.45, 2.75) is 37.8 Å². The lowest BCUT2D eigenvalue weighted by atomic mass is 10.2. The van der Waals surface area contributed by atoms with E-state index in [1.165, 1.54) is 0 Å². The van der Waals surface area contributed by atoms with E-state index in [2.05, 4.69) is 0 Å². The Balaban J connectivity index is 1.95. The molecule has 1 N–H and O–H groups in total. The number of hydrogen-bond acceptors (Lipinski definition) is 4. The zero-order valence-corrected chi connectivity index (χ0v) is 7.70. The van der Waals surface area contributed by atoms with Gasteiger partial charge in [0.25, 0.3) is 5.97 Å². The van der Waals surface area contributed by atoms with Crippen LogP contribution in [0.2, 0.25) is 0 Å². The van der Waals surface area contributed by atoms with Crippen LogP contribution in [0.4, 0.5) is 0 Å². The fraction of sp³-hybridized carbons (Fsp3) is 1.00. The Morgan fingerprint density at radius 1 is 1.23 bits per heavy atom. The highest BCUT2D eigenvalue weighted by Crippen LogP contribution is 2.32. The van der Waals surface area contributed by atoms with E-state index in [1.54, 1.807) is 0 Å². The van der Waals surface area contributed by atoms with Crippen molar-refractivity contribution in [2.24, 2.45) is 0 Å². The highest BCUT2D eigenvalue weighted by atomic mass is 16.9. The Morgan fingerprint density at radius 2 is 2.15 bits per heavy atom. The van der Waals surface area contributed by atoms with E-state index in [1.807, 2.05) is 0 Å². The maximum atomic E-state index is 8.89. The molecule has 0 aromatic carbocycles. The number of hydrogen-bond donors (Lipinski definition) is 1. The maximum Gasteiger partial charge on any atom is 0.283 e. The largest absolute Gasteiger partial charge is 0.394 e. The molecule has 0 aliphatic carbocycles. The van der Waals surface area contributed by atoms with Gasteiger partial charge in [0, 0.05) is 6.42 Å². The second-order valence-corrected chi connectivity index (χ2v) is 3.58. The molecule has 1 spiro atoms. The summed E-state index contributed by atoms with van der Waals surface area (Å²) in [7, 11) is 0. The Morgan fingerprint density at radius 3 is 2.92 bits per heavy atom. The predicted octanol–water partition coefficient (Wildman–Crippen LogP) is 0.638. The molecule has 4 nitrogen and oxygen atoms in total. The van der Waals surface area contributed by atoms with Crippen molar-refractivity contribution in [3.05, 3.63) is 0 Å². The first kappa shape index (κ1) is 9.40. The van der Waals surface area contributed by atoms with E-state index in [-0.39, 0.29) is 12.7 Å². The van der Waals surface area contributed by atoms with Crippen LogP contribution >= 0.6 is 0 Å². The molecule has 2 rings (SSSR count). The van der Waals surface area contributed by atoms with Gasteiger partial charge in [-0.1, -0.05) is 6.42 Å². The fourth-order valence-corrected chi connectivity index (χ4v) is 1.76. The van der Waals surface area contributed by atoms with Gasteiger partial charge in [-0.05, 0) is 12.8 Å². The minimum Gasteiger partial charge on any atom is -0.394 e. The first-order chi connectivity index (χ1) is 6.35. The lowest BCUT2D eigenvalue weighted by Gasteiger charge is -2.25. The minimum atomic E-state index is -0.829. The molecule has 2 aliphatic rings. The van der Waals surface area contributed by atoms with Crippen molar-refractivity contribution in [1.82, 2.24) is 0 Å². The van der Waals surface area contributed by atoms with Gasteiger partial charge in [-0.25, -0.2) is 0 Å². The average Bonchev–Trinajstić information content (AvgIpc) is 2.40. The highest BCUT2D eigenvalue weighted by Gasteiger charge is 2.42. The second kappa shape index (κ2) is 3.92. The molecule has 2 heterocycles. The topological polar surface area (TPSA) is 47.9 Å². The first-order valence-corrected chi connectivity index (χ1v) is 4.91. The number of rotatable bonds is 1. The molecule has 0 saturated carbocycles. The van der Waals surface area contributed by atoms with Crippen LogP contribution in [-0.4, -0.2) is 37.0 Å². The summed E-state index contributed by atoms with van der Waals surface area (Å²) >= 11 is 0. The van der Waals surface area contributed by atoms with Crippen LogP contribution in [0.5, 0.6) is 0 Å². The summed E-state index contributed by atoms with van der Waals surface area (Å²) < 4.78 is 16.5. The third-order valence-electron chi connectivity index (χ3n) is 2.49. The van der Waals surface area contributed by atoms with Gasteiger partial charge in [-0.15, -0.1) is 0 Å². The van der Waals surface area contributed by atoms with Crippen molar-refractivity contribution in [3.8, 4) is 0 Å². The molecular formula is C9H16O4. The van der Waals surface area contributed by atoms with Crippen LogP contribution in [0.25, 0.3) is 0 Å². The van der Waals surface area contributed by atoms with Gasteiger partial charge >= 0.3 is 0 Å². The van der Waals surface area contributed by atoms with Crippen LogP contribution in [0.1, 0.15) is 25.7 Å². The van der Waals surface area contributed by atoms with Crippen LogP contribution in [0.3, 0.4) is 0 Å². The summed E-state index contributed by atoms with van der Waals surface area (Å²) in [5.74, 6) is -0.829. The fourth-order valence-electron chi connectivity index (χ4n) is 1.76. The third kappa shape index (κ3) is 2.02. The Kier molecular flexibility index (Phi) is 2.83. The van der Waals surface area contributed by atoms with Gasteiger partial charge in [0.15, 0.2) is 0 Å². The van der Waals surface area contributed by atoms with Crippen molar-refractivity contribution >= 4 is 0 Å². The highest BCUT2D eigenvalue weighted by molar-refractivity contribution is 4.72. The summed E-state index contributed by atoms with van der Waals surface area (Å²) in [6.45, 7) is 1.14. The van der Waals surface area contributed by atoms with E-state index in [0.717, 1.165) is 25.7 Å². The summed E-state index contributed by atoms with van der Waals surface area (Å²) in [5.41, 5.74) is 0. The molecule has 13 heavy (non-hydrogen) atoms. The second-order valence-electron chi connectivity index (χ2n) is 3.58. The quantitative estimate of drug-likeness (QED) is 0.656. The summed E-state index contributed by atoms with van der Waals surface area (Å²) in [5, 5.41) is 8.89. The van der Waals surface area contributed by atoms with Gasteiger partial charge in [0.1, 0.15) is 6.10 Å². The summed E-state index contributed by atoms with van der Waals surface area (Å²) in [6, 6.07) is 0. The molecule has 0 aromatic heterocycles. The zero-order chi connectivity index (χ0) is 9.15. The lowest BCUT2D eigenvalue weighted by molar-refractivity contribution is -0.337. The van der Waals surface area contributed by atoms with E-state index < -0.39 is 5.97 Å². The number of aliphatic hydroxyl groups is 1. The maximum absolute atomic E-state index is 8.89. The molecule has 76 valence electrons. The van der Waals surface area contributed by atoms with Crippen LogP contribution < -0.4 is 0 Å². The average molecular weight is 188 g/mol. The molecule has 0 aromatic rings. The van der Waals surface area contributed by atoms with E-state index in [4.69, 9.17) is 19.3 Å². The van der Waals surface area contributed by atoms with Gasteiger partial charge < -0.3 is 19.3 Å². The van der Waals surface area contributed by atoms with Gasteiger partial charge in [0.2, 0.25) is 0 Å². The standard InChI is InChI=1S/C9H16O4/c10-6-8-7-12-9(13-8)4-2-1-3-5-11-9/h8,10H,1-7H2. The third-order valence-corrected chi connectivity index (χ3v) is 2.49. The molecule has 2 unspecified atom stereocenters. The molecule has 4 heteroatoms. The molecule has 0 radical (unpaired) electrons. The Bertz CT molecular complexity index is 163. The van der Waals surface area contributed by atoms with Gasteiger partial charge in [-0.2, -0.15) is 0 Å². The van der Waals surface area contributed by atoms with Crippen molar-refractivity contribution in [2.75, 3.05) is 19.8 Å². The number of aliphatic hydroxyl groups excluding tert-OH is 1. The van der Waals surface area contributed by atoms with Crippen LogP contribution in [-0.2, 0) is 14.2 Å². The van der Waals surface area contributed by atoms with Crippen LogP contribution in [0.15, 0.2) is 0 Å². The first-order valence-electron chi connectivity index (χ1n) is 4.91. The van der Waals surface area contributed by atoms with Gasteiger partial charge in [-0.3, -0.25) is 0 Å². The zero-order valence-electron chi connectivity index (χ0n) is 7.70. The predicted molar refractivity (Wildman–Crippen MR) is 45.1 cm³/mol. The molecule has 2 aliphatic heterocycles. The monoisotopic (exact) mass is 188 g/mol. The normalized spacial score (nSPS) is 40.8. The smallest absolute Gasteiger partial charge is 0.283 e. The molecule has 2 fully saturated rings. The van der Waals surface area contributed by atoms with E-state index in [9.17, 15) is 0 Å². The summed E-state index contributed by atoms with van der Waals surface area (Å²) in [6.07, 6.45) is 3.87. The number of ether oxygens (including phenoxy) is 3. The van der Waals surface area contributed by atoms with Crippen molar-refractivity contribution < 1.29 is 19.3 Å². The lowest BCUT2D eigenvalue weighted by Crippen LogP contribution is -2.34. The minimum absolute atomic E-state index is 0.00507.